The number of benzene rings is 2. The summed E-state index contributed by atoms with van der Waals surface area (Å²) >= 11 is 0. The molecule has 3 rings (SSSR count). The highest BCUT2D eigenvalue weighted by Crippen LogP contribution is 2.21. The highest BCUT2D eigenvalue weighted by atomic mass is 32.2. The number of aromatic hydroxyl groups is 1. The van der Waals surface area contributed by atoms with E-state index < -0.39 is 28.3 Å². The SMILES string of the molecule is CC(C)CN(CC(O)C(Cc1ccccc1)NC(=O)OCc1ccc(N)nc1)S(=O)(=O)c1ccc(O)cc1. The highest BCUT2D eigenvalue weighted by Gasteiger charge is 2.31. The summed E-state index contributed by atoms with van der Waals surface area (Å²) in [6.45, 7) is 3.57. The summed E-state index contributed by atoms with van der Waals surface area (Å²) in [5.74, 6) is 0.255. The molecule has 204 valence electrons. The van der Waals surface area contributed by atoms with E-state index in [1.807, 2.05) is 44.2 Å². The number of hydrogen-bond acceptors (Lipinski definition) is 8. The molecule has 10 nitrogen and oxygen atoms in total. The Balaban J connectivity index is 1.78. The van der Waals surface area contributed by atoms with Gasteiger partial charge in [0.2, 0.25) is 10.0 Å². The van der Waals surface area contributed by atoms with Gasteiger partial charge in [-0.25, -0.2) is 18.2 Å². The number of amides is 1. The normalized spacial score (nSPS) is 13.3. The van der Waals surface area contributed by atoms with Gasteiger partial charge in [-0.1, -0.05) is 50.2 Å². The Labute approximate surface area is 223 Å². The summed E-state index contributed by atoms with van der Waals surface area (Å²) in [7, 11) is -3.99. The molecule has 2 atom stereocenters. The average molecular weight is 543 g/mol. The lowest BCUT2D eigenvalue weighted by atomic mass is 10.0. The van der Waals surface area contributed by atoms with Gasteiger partial charge in [-0.15, -0.1) is 0 Å². The molecule has 0 radical (unpaired) electrons. The molecule has 3 aromatic rings. The second-order valence-corrected chi connectivity index (χ2v) is 11.3. The third-order valence-corrected chi connectivity index (χ3v) is 7.56. The molecule has 1 amide bonds. The Morgan fingerprint density at radius 3 is 2.32 bits per heavy atom. The predicted molar refractivity (Wildman–Crippen MR) is 144 cm³/mol. The first-order chi connectivity index (χ1) is 18.0. The molecule has 0 saturated carbocycles. The summed E-state index contributed by atoms with van der Waals surface area (Å²) in [5.41, 5.74) is 7.06. The molecule has 0 spiro atoms. The van der Waals surface area contributed by atoms with Gasteiger partial charge in [0.25, 0.3) is 0 Å². The molecule has 0 fully saturated rings. The molecule has 5 N–H and O–H groups in total. The van der Waals surface area contributed by atoms with Crippen molar-refractivity contribution in [2.75, 3.05) is 18.8 Å². The molecule has 2 unspecified atom stereocenters. The van der Waals surface area contributed by atoms with Crippen LogP contribution >= 0.6 is 0 Å². The first-order valence-corrected chi connectivity index (χ1v) is 13.6. The van der Waals surface area contributed by atoms with Gasteiger partial charge in [-0.05, 0) is 48.2 Å². The number of carbonyl (C=O) groups excluding carboxylic acids is 1. The van der Waals surface area contributed by atoms with Crippen molar-refractivity contribution in [1.82, 2.24) is 14.6 Å². The Hall–Kier alpha value is -3.67. The van der Waals surface area contributed by atoms with E-state index in [4.69, 9.17) is 10.5 Å². The summed E-state index contributed by atoms with van der Waals surface area (Å²) in [6.07, 6.45) is -0.281. The quantitative estimate of drug-likeness (QED) is 0.272. The number of carbonyl (C=O) groups is 1. The van der Waals surface area contributed by atoms with Crippen molar-refractivity contribution in [2.45, 2.75) is 43.9 Å². The van der Waals surface area contributed by atoms with Gasteiger partial charge in [0, 0.05) is 24.8 Å². The fourth-order valence-electron chi connectivity index (χ4n) is 3.80. The lowest BCUT2D eigenvalue weighted by molar-refractivity contribution is 0.0873. The number of anilines is 1. The first kappa shape index (κ1) is 28.9. The molecule has 0 aliphatic heterocycles. The molecule has 0 aliphatic carbocycles. The van der Waals surface area contributed by atoms with Crippen molar-refractivity contribution >= 4 is 21.9 Å². The number of nitrogens with one attached hydrogen (secondary N) is 1. The highest BCUT2D eigenvalue weighted by molar-refractivity contribution is 7.89. The Morgan fingerprint density at radius 2 is 1.71 bits per heavy atom. The van der Waals surface area contributed by atoms with Crippen molar-refractivity contribution in [3.8, 4) is 5.75 Å². The molecular weight excluding hydrogens is 508 g/mol. The fourth-order valence-corrected chi connectivity index (χ4v) is 5.42. The molecule has 1 aromatic heterocycles. The molecule has 2 aromatic carbocycles. The number of phenols is 1. The number of aliphatic hydroxyl groups excluding tert-OH is 1. The van der Waals surface area contributed by atoms with Crippen LogP contribution in [0.15, 0.2) is 77.8 Å². The largest absolute Gasteiger partial charge is 0.508 e. The van der Waals surface area contributed by atoms with Crippen molar-refractivity contribution in [1.29, 1.82) is 0 Å². The predicted octanol–water partition coefficient (Wildman–Crippen LogP) is 2.91. The van der Waals surface area contributed by atoms with Gasteiger partial charge in [-0.3, -0.25) is 0 Å². The van der Waals surface area contributed by atoms with Crippen LogP contribution in [0.5, 0.6) is 5.75 Å². The van der Waals surface area contributed by atoms with Crippen molar-refractivity contribution in [2.24, 2.45) is 5.92 Å². The fraction of sp³-hybridized carbons (Fsp3) is 0.333. The third-order valence-electron chi connectivity index (χ3n) is 5.72. The lowest BCUT2D eigenvalue weighted by Gasteiger charge is -2.30. The van der Waals surface area contributed by atoms with Crippen molar-refractivity contribution in [3.63, 3.8) is 0 Å². The standard InChI is InChI=1S/C27H34N4O6S/c1-19(2)16-31(38(35,36)23-11-9-22(32)10-12-23)17-25(33)24(14-20-6-4-3-5-7-20)30-27(34)37-18-21-8-13-26(28)29-15-21/h3-13,15,19,24-25,32-33H,14,16-18H2,1-2H3,(H2,28,29)(H,30,34). The van der Waals surface area contributed by atoms with Crippen LogP contribution in [-0.4, -0.2) is 59.2 Å². The second kappa shape index (κ2) is 13.2. The second-order valence-electron chi connectivity index (χ2n) is 9.39. The maximum absolute atomic E-state index is 13.4. The minimum Gasteiger partial charge on any atom is -0.508 e. The van der Waals surface area contributed by atoms with Crippen LogP contribution in [0.1, 0.15) is 25.0 Å². The Morgan fingerprint density at radius 1 is 1.03 bits per heavy atom. The smallest absolute Gasteiger partial charge is 0.407 e. The van der Waals surface area contributed by atoms with Gasteiger partial charge < -0.3 is 26.0 Å². The number of aromatic nitrogens is 1. The Kier molecular flexibility index (Phi) is 10.1. The number of aliphatic hydroxyl groups is 1. The van der Waals surface area contributed by atoms with Crippen LogP contribution in [0.25, 0.3) is 0 Å². The molecule has 0 bridgehead atoms. The van der Waals surface area contributed by atoms with E-state index >= 15 is 0 Å². The summed E-state index contributed by atoms with van der Waals surface area (Å²) in [5, 5.41) is 23.5. The lowest BCUT2D eigenvalue weighted by Crippen LogP contribution is -2.51. The number of sulfonamides is 1. The number of ether oxygens (including phenoxy) is 1. The molecule has 0 saturated heterocycles. The van der Waals surface area contributed by atoms with Crippen molar-refractivity contribution in [3.05, 3.63) is 84.1 Å². The van der Waals surface area contributed by atoms with Gasteiger partial charge in [-0.2, -0.15) is 4.31 Å². The number of phenolic OH excluding ortho intramolecular Hbond substituents is 1. The molecular formula is C27H34N4O6S. The number of rotatable bonds is 12. The van der Waals surface area contributed by atoms with E-state index in [9.17, 15) is 23.4 Å². The molecule has 38 heavy (non-hydrogen) atoms. The third kappa shape index (κ3) is 8.44. The minimum absolute atomic E-state index is 0.00719. The first-order valence-electron chi connectivity index (χ1n) is 12.2. The summed E-state index contributed by atoms with van der Waals surface area (Å²) in [6, 6.07) is 16.9. The van der Waals surface area contributed by atoms with E-state index in [-0.39, 0.29) is 42.7 Å². The maximum Gasteiger partial charge on any atom is 0.407 e. The van der Waals surface area contributed by atoms with Gasteiger partial charge in [0.05, 0.1) is 17.0 Å². The van der Waals surface area contributed by atoms with Crippen LogP contribution in [0, 0.1) is 5.92 Å². The van der Waals surface area contributed by atoms with Gasteiger partial charge in [0.1, 0.15) is 18.2 Å². The van der Waals surface area contributed by atoms with Gasteiger partial charge in [0.15, 0.2) is 0 Å². The van der Waals surface area contributed by atoms with Crippen LogP contribution in [-0.2, 0) is 27.8 Å². The van der Waals surface area contributed by atoms with E-state index in [2.05, 4.69) is 10.3 Å². The average Bonchev–Trinajstić information content (AvgIpc) is 2.88. The number of nitrogens with two attached hydrogens (primary N) is 1. The number of hydrogen-bond donors (Lipinski definition) is 4. The van der Waals surface area contributed by atoms with Crippen LogP contribution in [0.4, 0.5) is 10.6 Å². The molecule has 0 aliphatic rings. The summed E-state index contributed by atoms with van der Waals surface area (Å²) < 4.78 is 33.3. The minimum atomic E-state index is -3.99. The van der Waals surface area contributed by atoms with Gasteiger partial charge >= 0.3 is 6.09 Å². The zero-order chi connectivity index (χ0) is 27.7. The number of nitrogens with zero attached hydrogens (tertiary/aromatic N) is 2. The van der Waals surface area contributed by atoms with E-state index in [1.54, 1.807) is 12.1 Å². The maximum atomic E-state index is 13.4. The monoisotopic (exact) mass is 542 g/mol. The molecule has 1 heterocycles. The van der Waals surface area contributed by atoms with Crippen molar-refractivity contribution < 1.29 is 28.2 Å². The Bertz CT molecular complexity index is 1270. The zero-order valence-corrected chi connectivity index (χ0v) is 22.2. The number of alkyl carbamates (subject to hydrolysis) is 1. The number of pyridine rings is 1. The topological polar surface area (TPSA) is 155 Å². The number of nitrogen functional groups attached to an aromatic ring is 1. The van der Waals surface area contributed by atoms with Crippen LogP contribution < -0.4 is 11.1 Å². The van der Waals surface area contributed by atoms with E-state index in [1.165, 1.54) is 34.8 Å². The van der Waals surface area contributed by atoms with E-state index in [0.717, 1.165) is 5.56 Å². The molecule has 11 heteroatoms. The zero-order valence-electron chi connectivity index (χ0n) is 21.4. The van der Waals surface area contributed by atoms with Crippen LogP contribution in [0.3, 0.4) is 0 Å². The van der Waals surface area contributed by atoms with Crippen LogP contribution in [0.2, 0.25) is 0 Å². The van der Waals surface area contributed by atoms with E-state index in [0.29, 0.717) is 11.4 Å². The summed E-state index contributed by atoms with van der Waals surface area (Å²) in [4.78, 5) is 16.6.